The van der Waals surface area contributed by atoms with E-state index in [0.29, 0.717) is 6.42 Å². The summed E-state index contributed by atoms with van der Waals surface area (Å²) in [5.74, 6) is -2.66. The molecule has 0 aliphatic heterocycles. The van der Waals surface area contributed by atoms with Gasteiger partial charge in [-0.2, -0.15) is 0 Å². The van der Waals surface area contributed by atoms with Gasteiger partial charge < -0.3 is 37.3 Å². The maximum Gasteiger partial charge on any atom is 0.408 e. The van der Waals surface area contributed by atoms with Crippen molar-refractivity contribution in [1.29, 1.82) is 0 Å². The Morgan fingerprint density at radius 2 is 1.59 bits per heavy atom. The van der Waals surface area contributed by atoms with E-state index in [4.69, 9.17) is 16.2 Å². The van der Waals surface area contributed by atoms with Crippen molar-refractivity contribution in [3.8, 4) is 0 Å². The Hall–Kier alpha value is -3.83. The number of guanidine groups is 1. The summed E-state index contributed by atoms with van der Waals surface area (Å²) in [5.41, 5.74) is 11.2. The number of aliphatic imine (C=N–C) groups is 1. The molecule has 32 heavy (non-hydrogen) atoms. The number of nitrogens with two attached hydrogens (primary N) is 2. The number of hydrogen-bond donors (Lipinski definition) is 6. The Morgan fingerprint density at radius 1 is 1.00 bits per heavy atom. The van der Waals surface area contributed by atoms with Crippen molar-refractivity contribution in [3.05, 3.63) is 35.9 Å². The van der Waals surface area contributed by atoms with Gasteiger partial charge in [-0.15, -0.1) is 0 Å². The molecule has 0 bridgehead atoms. The van der Waals surface area contributed by atoms with Crippen LogP contribution in [0, 0.1) is 0 Å². The molecule has 0 radical (unpaired) electrons. The van der Waals surface area contributed by atoms with Gasteiger partial charge in [0.05, 0.1) is 0 Å². The number of carboxylic acids is 1. The molecule has 3 amide bonds. The molecule has 1 rings (SSSR count). The molecular formula is C20H30N6O6. The normalized spacial score (nSPS) is 13.1. The Kier molecular flexibility index (Phi) is 11.0. The minimum Gasteiger partial charge on any atom is -0.480 e. The lowest BCUT2D eigenvalue weighted by Crippen LogP contribution is -2.54. The van der Waals surface area contributed by atoms with Crippen molar-refractivity contribution in [2.24, 2.45) is 16.5 Å². The second kappa shape index (κ2) is 13.5. The summed E-state index contributed by atoms with van der Waals surface area (Å²) in [6.45, 7) is 3.08. The predicted molar refractivity (Wildman–Crippen MR) is 116 cm³/mol. The Morgan fingerprint density at radius 3 is 2.19 bits per heavy atom. The largest absolute Gasteiger partial charge is 0.480 e. The number of hydrogen-bond acceptors (Lipinski definition) is 6. The van der Waals surface area contributed by atoms with Crippen LogP contribution >= 0.6 is 0 Å². The topological polar surface area (TPSA) is 198 Å². The van der Waals surface area contributed by atoms with Crippen LogP contribution in [0.15, 0.2) is 35.3 Å². The number of nitrogens with zero attached hydrogens (tertiary/aromatic N) is 1. The number of carbonyl (C=O) groups excluding carboxylic acids is 3. The van der Waals surface area contributed by atoms with Gasteiger partial charge in [0.1, 0.15) is 24.7 Å². The maximum absolute atomic E-state index is 12.3. The average Bonchev–Trinajstić information content (AvgIpc) is 2.74. The first kappa shape index (κ1) is 26.2. The molecule has 0 spiro atoms. The molecule has 176 valence electrons. The molecular weight excluding hydrogens is 420 g/mol. The molecule has 0 aromatic heterocycles. The molecule has 12 heteroatoms. The lowest BCUT2D eigenvalue weighted by atomic mass is 10.1. The fourth-order valence-corrected chi connectivity index (χ4v) is 2.47. The minimum atomic E-state index is -1.22. The van der Waals surface area contributed by atoms with Crippen LogP contribution in [-0.4, -0.2) is 59.6 Å². The lowest BCUT2D eigenvalue weighted by Gasteiger charge is -2.20. The smallest absolute Gasteiger partial charge is 0.408 e. The molecule has 3 atom stereocenters. The van der Waals surface area contributed by atoms with Gasteiger partial charge in [-0.3, -0.25) is 14.6 Å². The molecule has 8 N–H and O–H groups in total. The standard InChI is InChI=1S/C20H30N6O6/c1-12(17(28)26-15(18(29)30)9-6-10-23-19(21)22)24-16(27)13(2)25-20(31)32-11-14-7-4-3-5-8-14/h3-5,7-8,12-13,15H,6,9-11H2,1-2H3,(H,24,27)(H,25,31)(H,26,28)(H,29,30)(H4,21,22,23)/t12-,13-,15-/m0/s1. The molecule has 12 nitrogen and oxygen atoms in total. The van der Waals surface area contributed by atoms with Gasteiger partial charge in [0.25, 0.3) is 0 Å². The second-order valence-corrected chi connectivity index (χ2v) is 7.01. The monoisotopic (exact) mass is 450 g/mol. The highest BCUT2D eigenvalue weighted by molar-refractivity contribution is 5.92. The van der Waals surface area contributed by atoms with E-state index >= 15 is 0 Å². The highest BCUT2D eigenvalue weighted by Gasteiger charge is 2.25. The number of carboxylic acid groups (broad SMARTS) is 1. The van der Waals surface area contributed by atoms with Crippen molar-refractivity contribution in [2.45, 2.75) is 51.4 Å². The SMILES string of the molecule is C[C@H](NC(=O)OCc1ccccc1)C(=O)N[C@@H](C)C(=O)N[C@@H](CCCN=C(N)N)C(=O)O. The van der Waals surface area contributed by atoms with Crippen LogP contribution in [0.5, 0.6) is 0 Å². The van der Waals surface area contributed by atoms with E-state index in [1.165, 1.54) is 13.8 Å². The third-order valence-corrected chi connectivity index (χ3v) is 4.25. The molecule has 0 aliphatic rings. The molecule has 0 unspecified atom stereocenters. The van der Waals surface area contributed by atoms with Crippen LogP contribution in [0.1, 0.15) is 32.3 Å². The third-order valence-electron chi connectivity index (χ3n) is 4.25. The fourth-order valence-electron chi connectivity index (χ4n) is 2.47. The van der Waals surface area contributed by atoms with Crippen LogP contribution in [0.3, 0.4) is 0 Å². The lowest BCUT2D eigenvalue weighted by molar-refractivity contribution is -0.142. The molecule has 0 fully saturated rings. The van der Waals surface area contributed by atoms with E-state index in [9.17, 15) is 24.3 Å². The van der Waals surface area contributed by atoms with Crippen LogP contribution in [0.4, 0.5) is 4.79 Å². The number of aliphatic carboxylic acids is 1. The number of benzene rings is 1. The van der Waals surface area contributed by atoms with Crippen LogP contribution in [0.25, 0.3) is 0 Å². The number of carbonyl (C=O) groups is 4. The Balaban J connectivity index is 2.45. The van der Waals surface area contributed by atoms with E-state index in [2.05, 4.69) is 20.9 Å². The fraction of sp³-hybridized carbons (Fsp3) is 0.450. The minimum absolute atomic E-state index is 0.0413. The van der Waals surface area contributed by atoms with Gasteiger partial charge in [-0.25, -0.2) is 9.59 Å². The molecule has 1 aromatic carbocycles. The summed E-state index contributed by atoms with van der Waals surface area (Å²) >= 11 is 0. The summed E-state index contributed by atoms with van der Waals surface area (Å²) in [6, 6.07) is 5.83. The van der Waals surface area contributed by atoms with Crippen molar-refractivity contribution < 1.29 is 29.0 Å². The van der Waals surface area contributed by atoms with Crippen LogP contribution in [-0.2, 0) is 25.7 Å². The summed E-state index contributed by atoms with van der Waals surface area (Å²) in [4.78, 5) is 51.5. The maximum atomic E-state index is 12.3. The van der Waals surface area contributed by atoms with Crippen molar-refractivity contribution in [2.75, 3.05) is 6.54 Å². The van der Waals surface area contributed by atoms with Gasteiger partial charge in [-0.1, -0.05) is 30.3 Å². The number of nitrogens with one attached hydrogen (secondary N) is 3. The van der Waals surface area contributed by atoms with E-state index in [0.717, 1.165) is 5.56 Å². The van der Waals surface area contributed by atoms with Crippen LogP contribution < -0.4 is 27.4 Å². The predicted octanol–water partition coefficient (Wildman–Crippen LogP) is -0.571. The summed E-state index contributed by atoms with van der Waals surface area (Å²) in [7, 11) is 0. The van der Waals surface area contributed by atoms with E-state index in [1.807, 2.05) is 6.07 Å². The highest BCUT2D eigenvalue weighted by Crippen LogP contribution is 2.02. The second-order valence-electron chi connectivity index (χ2n) is 7.01. The molecule has 0 heterocycles. The van der Waals surface area contributed by atoms with E-state index in [-0.39, 0.29) is 25.5 Å². The quantitative estimate of drug-likeness (QED) is 0.138. The van der Waals surface area contributed by atoms with E-state index < -0.39 is 42.0 Å². The zero-order chi connectivity index (χ0) is 24.1. The van der Waals surface area contributed by atoms with Crippen molar-refractivity contribution in [1.82, 2.24) is 16.0 Å². The van der Waals surface area contributed by atoms with Gasteiger partial charge in [0, 0.05) is 6.54 Å². The third kappa shape index (κ3) is 10.3. The number of amides is 3. The number of rotatable bonds is 12. The van der Waals surface area contributed by atoms with Crippen LogP contribution in [0.2, 0.25) is 0 Å². The Labute approximate surface area is 185 Å². The first-order chi connectivity index (χ1) is 15.1. The van der Waals surface area contributed by atoms with Crippen molar-refractivity contribution in [3.63, 3.8) is 0 Å². The zero-order valence-corrected chi connectivity index (χ0v) is 18.0. The van der Waals surface area contributed by atoms with Gasteiger partial charge in [0.2, 0.25) is 11.8 Å². The van der Waals surface area contributed by atoms with Crippen molar-refractivity contribution >= 4 is 29.8 Å². The first-order valence-electron chi connectivity index (χ1n) is 9.96. The van der Waals surface area contributed by atoms with Gasteiger partial charge in [-0.05, 0) is 32.3 Å². The molecule has 0 saturated carbocycles. The molecule has 0 saturated heterocycles. The first-order valence-corrected chi connectivity index (χ1v) is 9.96. The molecule has 0 aliphatic carbocycles. The van der Waals surface area contributed by atoms with Gasteiger partial charge >= 0.3 is 12.1 Å². The summed E-state index contributed by atoms with van der Waals surface area (Å²) < 4.78 is 5.04. The molecule has 1 aromatic rings. The number of ether oxygens (including phenoxy) is 1. The van der Waals surface area contributed by atoms with Gasteiger partial charge in [0.15, 0.2) is 5.96 Å². The highest BCUT2D eigenvalue weighted by atomic mass is 16.5. The Bertz CT molecular complexity index is 812. The zero-order valence-electron chi connectivity index (χ0n) is 18.0. The van der Waals surface area contributed by atoms with E-state index in [1.54, 1.807) is 24.3 Å². The summed E-state index contributed by atoms with van der Waals surface area (Å²) in [6.07, 6.45) is -0.355. The average molecular weight is 450 g/mol. The summed E-state index contributed by atoms with van der Waals surface area (Å²) in [5, 5.41) is 16.4. The number of alkyl carbamates (subject to hydrolysis) is 1.